The first-order valence-corrected chi connectivity index (χ1v) is 8.12. The second-order valence-electron chi connectivity index (χ2n) is 5.02. The molecule has 0 radical (unpaired) electrons. The van der Waals surface area contributed by atoms with E-state index in [4.69, 9.17) is 19.9 Å². The quantitative estimate of drug-likeness (QED) is 0.348. The molecule has 0 saturated carbocycles. The Morgan fingerprint density at radius 3 is 2.65 bits per heavy atom. The summed E-state index contributed by atoms with van der Waals surface area (Å²) >= 11 is 0. The van der Waals surface area contributed by atoms with E-state index in [0.29, 0.717) is 37.1 Å². The molecule has 0 unspecified atom stereocenters. The molecule has 1 heterocycles. The highest BCUT2D eigenvalue weighted by atomic mass is 127. The molecule has 0 aliphatic carbocycles. The average molecular weight is 472 g/mol. The number of methoxy groups -OCH3 is 1. The van der Waals surface area contributed by atoms with Crippen LogP contribution in [0.25, 0.3) is 0 Å². The molecule has 0 aliphatic heterocycles. The van der Waals surface area contributed by atoms with Crippen LogP contribution in [0.3, 0.4) is 0 Å². The number of anilines is 1. The summed E-state index contributed by atoms with van der Waals surface area (Å²) in [6, 6.07) is 9.25. The Bertz CT molecular complexity index is 725. The van der Waals surface area contributed by atoms with E-state index in [1.165, 1.54) is 0 Å². The normalized spacial score (nSPS) is 10.7. The first kappa shape index (κ1) is 21.8. The van der Waals surface area contributed by atoms with E-state index >= 15 is 0 Å². The minimum atomic E-state index is 0. The molecule has 0 amide bonds. The smallest absolute Gasteiger partial charge is 0.218 e. The van der Waals surface area contributed by atoms with Gasteiger partial charge in [0.15, 0.2) is 5.96 Å². The molecule has 8 heteroatoms. The van der Waals surface area contributed by atoms with Crippen LogP contribution in [0, 0.1) is 0 Å². The highest BCUT2D eigenvalue weighted by Crippen LogP contribution is 2.29. The van der Waals surface area contributed by atoms with Gasteiger partial charge in [-0.05, 0) is 32.0 Å². The number of pyridine rings is 1. The predicted molar refractivity (Wildman–Crippen MR) is 114 cm³/mol. The lowest BCUT2D eigenvalue weighted by atomic mass is 10.2. The van der Waals surface area contributed by atoms with Gasteiger partial charge in [0.25, 0.3) is 0 Å². The molecule has 0 bridgehead atoms. The van der Waals surface area contributed by atoms with E-state index in [0.717, 1.165) is 11.3 Å². The lowest BCUT2D eigenvalue weighted by Gasteiger charge is -2.14. The maximum Gasteiger partial charge on any atom is 0.218 e. The molecule has 0 atom stereocenters. The molecule has 26 heavy (non-hydrogen) atoms. The van der Waals surface area contributed by atoms with Crippen LogP contribution in [-0.4, -0.2) is 31.3 Å². The maximum absolute atomic E-state index is 6.02. The number of guanidine groups is 1. The molecule has 7 nitrogen and oxygen atoms in total. The number of nitrogens with two attached hydrogens (primary N) is 1. The van der Waals surface area contributed by atoms with E-state index < -0.39 is 0 Å². The first-order valence-electron chi connectivity index (χ1n) is 8.12. The molecule has 0 saturated heterocycles. The number of ether oxygens (including phenoxy) is 3. The average Bonchev–Trinajstić information content (AvgIpc) is 2.62. The topological polar surface area (TPSA) is 91.0 Å². The van der Waals surface area contributed by atoms with Gasteiger partial charge in [-0.15, -0.1) is 24.0 Å². The Morgan fingerprint density at radius 2 is 1.96 bits per heavy atom. The monoisotopic (exact) mass is 472 g/mol. The second-order valence-corrected chi connectivity index (χ2v) is 5.02. The van der Waals surface area contributed by atoms with Crippen molar-refractivity contribution in [2.24, 2.45) is 10.7 Å². The number of benzene rings is 1. The largest absolute Gasteiger partial charge is 0.494 e. The van der Waals surface area contributed by atoms with E-state index in [1.807, 2.05) is 44.2 Å². The Morgan fingerprint density at radius 1 is 1.19 bits per heavy atom. The molecular formula is C18H25IN4O3. The van der Waals surface area contributed by atoms with Crippen molar-refractivity contribution in [2.45, 2.75) is 20.4 Å². The number of hydrogen-bond donors (Lipinski definition) is 2. The summed E-state index contributed by atoms with van der Waals surface area (Å²) in [5, 5.41) is 3.06. The minimum Gasteiger partial charge on any atom is -0.494 e. The van der Waals surface area contributed by atoms with Crippen LogP contribution in [-0.2, 0) is 6.54 Å². The highest BCUT2D eigenvalue weighted by Gasteiger charge is 2.08. The number of rotatable bonds is 8. The zero-order chi connectivity index (χ0) is 18.1. The third kappa shape index (κ3) is 6.25. The SMILES string of the molecule is CCOc1ccc(OCC)c(NC(N)=NCc2cccnc2OC)c1.I. The lowest BCUT2D eigenvalue weighted by Crippen LogP contribution is -2.23. The van der Waals surface area contributed by atoms with Gasteiger partial charge in [0.05, 0.1) is 32.6 Å². The molecule has 1 aromatic heterocycles. The minimum absolute atomic E-state index is 0. The molecule has 2 aromatic rings. The number of aromatic nitrogens is 1. The number of nitrogens with one attached hydrogen (secondary N) is 1. The molecule has 3 N–H and O–H groups in total. The molecular weight excluding hydrogens is 447 g/mol. The van der Waals surface area contributed by atoms with E-state index in [2.05, 4.69) is 15.3 Å². The summed E-state index contributed by atoms with van der Waals surface area (Å²) in [4.78, 5) is 8.48. The predicted octanol–water partition coefficient (Wildman–Crippen LogP) is 3.43. The highest BCUT2D eigenvalue weighted by molar-refractivity contribution is 14.0. The van der Waals surface area contributed by atoms with Crippen molar-refractivity contribution in [3.8, 4) is 17.4 Å². The molecule has 142 valence electrons. The molecule has 0 aliphatic rings. The third-order valence-electron chi connectivity index (χ3n) is 3.29. The van der Waals surface area contributed by atoms with Crippen LogP contribution < -0.4 is 25.3 Å². The van der Waals surface area contributed by atoms with Crippen molar-refractivity contribution in [1.82, 2.24) is 4.98 Å². The van der Waals surface area contributed by atoms with E-state index in [1.54, 1.807) is 13.3 Å². The fourth-order valence-corrected chi connectivity index (χ4v) is 2.22. The number of aliphatic imine (C=N–C) groups is 1. The maximum atomic E-state index is 6.02. The number of hydrogen-bond acceptors (Lipinski definition) is 5. The molecule has 0 spiro atoms. The summed E-state index contributed by atoms with van der Waals surface area (Å²) in [6.45, 7) is 5.34. The summed E-state index contributed by atoms with van der Waals surface area (Å²) in [6.07, 6.45) is 1.67. The second kappa shape index (κ2) is 11.4. The van der Waals surface area contributed by atoms with Crippen LogP contribution in [0.5, 0.6) is 17.4 Å². The molecule has 0 fully saturated rings. The van der Waals surface area contributed by atoms with Gasteiger partial charge in [-0.2, -0.15) is 0 Å². The molecule has 1 aromatic carbocycles. The zero-order valence-corrected chi connectivity index (χ0v) is 17.5. The van der Waals surface area contributed by atoms with Gasteiger partial charge in [0.1, 0.15) is 11.5 Å². The van der Waals surface area contributed by atoms with Gasteiger partial charge >= 0.3 is 0 Å². The standard InChI is InChI=1S/C18H24N4O3.HI/c1-4-24-14-8-9-16(25-5-2)15(11-14)22-18(19)21-12-13-7-6-10-20-17(13)23-3;/h6-11H,4-5,12H2,1-3H3,(H3,19,21,22);1H. The van der Waals surface area contributed by atoms with Crippen LogP contribution in [0.4, 0.5) is 5.69 Å². The number of halogens is 1. The Balaban J connectivity index is 0.00000338. The summed E-state index contributed by atoms with van der Waals surface area (Å²) in [7, 11) is 1.57. The fourth-order valence-electron chi connectivity index (χ4n) is 2.22. The van der Waals surface area contributed by atoms with Crippen molar-refractivity contribution >= 4 is 35.6 Å². The van der Waals surface area contributed by atoms with Crippen molar-refractivity contribution < 1.29 is 14.2 Å². The van der Waals surface area contributed by atoms with Gasteiger partial charge in [-0.1, -0.05) is 6.07 Å². The zero-order valence-electron chi connectivity index (χ0n) is 15.2. The summed E-state index contributed by atoms with van der Waals surface area (Å²) in [5.41, 5.74) is 7.57. The fraction of sp³-hybridized carbons (Fsp3) is 0.333. The van der Waals surface area contributed by atoms with Gasteiger partial charge in [0, 0.05) is 17.8 Å². The van der Waals surface area contributed by atoms with Crippen molar-refractivity contribution in [1.29, 1.82) is 0 Å². The van der Waals surface area contributed by atoms with Gasteiger partial charge in [0.2, 0.25) is 5.88 Å². The number of nitrogens with zero attached hydrogens (tertiary/aromatic N) is 2. The van der Waals surface area contributed by atoms with Gasteiger partial charge in [-0.25, -0.2) is 9.98 Å². The van der Waals surface area contributed by atoms with Gasteiger partial charge in [-0.3, -0.25) is 0 Å². The van der Waals surface area contributed by atoms with Crippen molar-refractivity contribution in [2.75, 3.05) is 25.6 Å². The Labute approximate surface area is 171 Å². The van der Waals surface area contributed by atoms with Crippen LogP contribution >= 0.6 is 24.0 Å². The van der Waals surface area contributed by atoms with Crippen molar-refractivity contribution in [3.63, 3.8) is 0 Å². The van der Waals surface area contributed by atoms with Gasteiger partial charge < -0.3 is 25.3 Å². The third-order valence-corrected chi connectivity index (χ3v) is 3.29. The van der Waals surface area contributed by atoms with E-state index in [9.17, 15) is 0 Å². The van der Waals surface area contributed by atoms with Crippen molar-refractivity contribution in [3.05, 3.63) is 42.1 Å². The van der Waals surface area contributed by atoms with Crippen LogP contribution in [0.1, 0.15) is 19.4 Å². The Hall–Kier alpha value is -2.23. The first-order chi connectivity index (χ1) is 12.2. The molecule has 2 rings (SSSR count). The van der Waals surface area contributed by atoms with Crippen LogP contribution in [0.15, 0.2) is 41.5 Å². The lowest BCUT2D eigenvalue weighted by molar-refractivity contribution is 0.332. The summed E-state index contributed by atoms with van der Waals surface area (Å²) in [5.74, 6) is 2.21. The van der Waals surface area contributed by atoms with Crippen LogP contribution in [0.2, 0.25) is 0 Å². The van der Waals surface area contributed by atoms with E-state index in [-0.39, 0.29) is 29.9 Å². The summed E-state index contributed by atoms with van der Waals surface area (Å²) < 4.78 is 16.3. The Kier molecular flexibility index (Phi) is 9.56.